The van der Waals surface area contributed by atoms with Crippen molar-refractivity contribution in [1.82, 2.24) is 4.90 Å². The number of thiophene rings is 2. The lowest BCUT2D eigenvalue weighted by Gasteiger charge is -2.25. The summed E-state index contributed by atoms with van der Waals surface area (Å²) in [6.45, 7) is 4.81. The molecule has 2 aromatic rings. The fourth-order valence-electron chi connectivity index (χ4n) is 2.73. The van der Waals surface area contributed by atoms with Crippen LogP contribution in [0.4, 0.5) is 5.00 Å². The molecule has 1 aliphatic rings. The summed E-state index contributed by atoms with van der Waals surface area (Å²) in [5.41, 5.74) is 1.52. The molecule has 24 heavy (non-hydrogen) atoms. The minimum absolute atomic E-state index is 0.207. The van der Waals surface area contributed by atoms with Crippen LogP contribution in [0.25, 0.3) is 0 Å². The van der Waals surface area contributed by atoms with Crippen molar-refractivity contribution in [1.29, 1.82) is 0 Å². The van der Waals surface area contributed by atoms with Gasteiger partial charge in [-0.25, -0.2) is 4.79 Å². The standard InChI is InChI=1S/C16H17BrN2O3S2/c1-3-19-7-6-9-11(8-19)24-15(13(9)16(21)22-2)18-14(20)10-4-5-12(17)23-10/h4-5H,3,6-8H2,1-2H3,(H,18,20). The fraction of sp³-hybridized carbons (Fsp3) is 0.375. The second-order valence-electron chi connectivity index (χ2n) is 5.38. The molecule has 0 atom stereocenters. The van der Waals surface area contributed by atoms with E-state index in [1.165, 1.54) is 29.8 Å². The Morgan fingerprint density at radius 1 is 1.38 bits per heavy atom. The average molecular weight is 429 g/mol. The van der Waals surface area contributed by atoms with E-state index in [-0.39, 0.29) is 11.9 Å². The Morgan fingerprint density at radius 3 is 2.79 bits per heavy atom. The van der Waals surface area contributed by atoms with Gasteiger partial charge in [0.1, 0.15) is 5.00 Å². The second-order valence-corrected chi connectivity index (χ2v) is 8.94. The number of esters is 1. The highest BCUT2D eigenvalue weighted by Crippen LogP contribution is 2.38. The van der Waals surface area contributed by atoms with Gasteiger partial charge in [0.05, 0.1) is 21.3 Å². The number of amides is 1. The van der Waals surface area contributed by atoms with Gasteiger partial charge >= 0.3 is 5.97 Å². The van der Waals surface area contributed by atoms with E-state index in [0.717, 1.165) is 40.3 Å². The second kappa shape index (κ2) is 7.35. The van der Waals surface area contributed by atoms with Gasteiger partial charge in [0.15, 0.2) is 0 Å². The van der Waals surface area contributed by atoms with Crippen molar-refractivity contribution in [3.05, 3.63) is 36.8 Å². The lowest BCUT2D eigenvalue weighted by Crippen LogP contribution is -2.29. The zero-order valence-corrected chi connectivity index (χ0v) is 16.6. The summed E-state index contributed by atoms with van der Waals surface area (Å²) < 4.78 is 5.84. The molecule has 0 bridgehead atoms. The molecule has 1 aliphatic heterocycles. The Balaban J connectivity index is 1.93. The van der Waals surface area contributed by atoms with Crippen LogP contribution >= 0.6 is 38.6 Å². The van der Waals surface area contributed by atoms with Gasteiger partial charge in [-0.15, -0.1) is 22.7 Å². The van der Waals surface area contributed by atoms with Crippen LogP contribution in [-0.2, 0) is 17.7 Å². The first-order valence-electron chi connectivity index (χ1n) is 7.55. The van der Waals surface area contributed by atoms with Crippen LogP contribution < -0.4 is 5.32 Å². The molecule has 0 fully saturated rings. The number of hydrogen-bond donors (Lipinski definition) is 1. The lowest BCUT2D eigenvalue weighted by atomic mass is 10.0. The maximum Gasteiger partial charge on any atom is 0.341 e. The molecule has 0 aliphatic carbocycles. The van der Waals surface area contributed by atoms with Crippen LogP contribution in [0.1, 0.15) is 37.4 Å². The number of carbonyl (C=O) groups is 2. The number of carbonyl (C=O) groups excluding carboxylic acids is 2. The summed E-state index contributed by atoms with van der Waals surface area (Å²) in [5, 5.41) is 3.48. The first kappa shape index (κ1) is 17.6. The van der Waals surface area contributed by atoms with Crippen LogP contribution in [0.5, 0.6) is 0 Å². The van der Waals surface area contributed by atoms with E-state index in [4.69, 9.17) is 4.74 Å². The highest BCUT2D eigenvalue weighted by Gasteiger charge is 2.29. The van der Waals surface area contributed by atoms with Crippen molar-refractivity contribution >= 4 is 55.5 Å². The zero-order chi connectivity index (χ0) is 17.3. The van der Waals surface area contributed by atoms with E-state index in [2.05, 4.69) is 33.1 Å². The van der Waals surface area contributed by atoms with Crippen LogP contribution in [0.2, 0.25) is 0 Å². The van der Waals surface area contributed by atoms with Gasteiger partial charge < -0.3 is 10.1 Å². The first-order chi connectivity index (χ1) is 11.5. The summed E-state index contributed by atoms with van der Waals surface area (Å²) in [4.78, 5) is 28.8. The molecule has 1 amide bonds. The SMILES string of the molecule is CCN1CCc2c(sc(NC(=O)c3ccc(Br)s3)c2C(=O)OC)C1. The van der Waals surface area contributed by atoms with E-state index < -0.39 is 0 Å². The fourth-order valence-corrected chi connectivity index (χ4v) is 5.29. The monoisotopic (exact) mass is 428 g/mol. The predicted octanol–water partition coefficient (Wildman–Crippen LogP) is 3.99. The third-order valence-electron chi connectivity index (χ3n) is 4.00. The predicted molar refractivity (Wildman–Crippen MR) is 100 cm³/mol. The number of likely N-dealkylation sites (N-methyl/N-ethyl adjacent to an activating group) is 1. The van der Waals surface area contributed by atoms with Gasteiger partial charge in [-0.1, -0.05) is 6.92 Å². The molecule has 128 valence electrons. The van der Waals surface area contributed by atoms with E-state index in [9.17, 15) is 9.59 Å². The van der Waals surface area contributed by atoms with Gasteiger partial charge in [-0.05, 0) is 46.6 Å². The number of anilines is 1. The van der Waals surface area contributed by atoms with Crippen molar-refractivity contribution in [3.63, 3.8) is 0 Å². The number of halogens is 1. The van der Waals surface area contributed by atoms with Crippen molar-refractivity contribution in [2.45, 2.75) is 19.9 Å². The maximum atomic E-state index is 12.4. The molecule has 0 aromatic carbocycles. The first-order valence-corrected chi connectivity index (χ1v) is 9.98. The molecule has 1 N–H and O–H groups in total. The molecular formula is C16H17BrN2O3S2. The third-order valence-corrected chi connectivity index (χ3v) is 6.75. The van der Waals surface area contributed by atoms with E-state index in [1.54, 1.807) is 6.07 Å². The molecule has 8 heteroatoms. The Labute approximate surface area is 156 Å². The Hall–Kier alpha value is -1.22. The molecular weight excluding hydrogens is 412 g/mol. The van der Waals surface area contributed by atoms with E-state index >= 15 is 0 Å². The van der Waals surface area contributed by atoms with Gasteiger partial charge in [0.25, 0.3) is 5.91 Å². The third kappa shape index (κ3) is 3.42. The Kier molecular flexibility index (Phi) is 5.39. The van der Waals surface area contributed by atoms with Crippen LogP contribution in [0, 0.1) is 0 Å². The minimum Gasteiger partial charge on any atom is -0.465 e. The van der Waals surface area contributed by atoms with Crippen LogP contribution in [0.3, 0.4) is 0 Å². The van der Waals surface area contributed by atoms with Crippen molar-refractivity contribution in [3.8, 4) is 0 Å². The Bertz CT molecular complexity index is 784. The largest absolute Gasteiger partial charge is 0.465 e. The number of rotatable bonds is 4. The molecule has 0 spiro atoms. The number of nitrogens with one attached hydrogen (secondary N) is 1. The number of hydrogen-bond acceptors (Lipinski definition) is 6. The van der Waals surface area contributed by atoms with Crippen LogP contribution in [0.15, 0.2) is 15.9 Å². The summed E-state index contributed by atoms with van der Waals surface area (Å²) in [7, 11) is 1.37. The van der Waals surface area contributed by atoms with E-state index in [0.29, 0.717) is 15.4 Å². The summed E-state index contributed by atoms with van der Waals surface area (Å²) in [5.74, 6) is -0.595. The van der Waals surface area contributed by atoms with Gasteiger partial charge in [0.2, 0.25) is 0 Å². The summed E-state index contributed by atoms with van der Waals surface area (Å²) in [6, 6.07) is 3.59. The quantitative estimate of drug-likeness (QED) is 0.747. The molecule has 0 saturated heterocycles. The molecule has 3 rings (SSSR count). The number of ether oxygens (including phenoxy) is 1. The minimum atomic E-state index is -0.389. The molecule has 0 radical (unpaired) electrons. The molecule has 5 nitrogen and oxygen atoms in total. The van der Waals surface area contributed by atoms with Crippen LogP contribution in [-0.4, -0.2) is 37.0 Å². The van der Waals surface area contributed by atoms with Gasteiger partial charge in [-0.3, -0.25) is 9.69 Å². The maximum absolute atomic E-state index is 12.4. The average Bonchev–Trinajstić information content (AvgIpc) is 3.16. The highest BCUT2D eigenvalue weighted by molar-refractivity contribution is 9.11. The highest BCUT2D eigenvalue weighted by atomic mass is 79.9. The summed E-state index contributed by atoms with van der Waals surface area (Å²) in [6.07, 6.45) is 0.796. The Morgan fingerprint density at radius 2 is 2.17 bits per heavy atom. The smallest absolute Gasteiger partial charge is 0.341 e. The molecule has 3 heterocycles. The molecule has 2 aromatic heterocycles. The topological polar surface area (TPSA) is 58.6 Å². The number of fused-ring (bicyclic) bond motifs is 1. The van der Waals surface area contributed by atoms with Crippen molar-refractivity contribution < 1.29 is 14.3 Å². The zero-order valence-electron chi connectivity index (χ0n) is 13.3. The van der Waals surface area contributed by atoms with Gasteiger partial charge in [-0.2, -0.15) is 0 Å². The van der Waals surface area contributed by atoms with E-state index in [1.807, 2.05) is 6.07 Å². The molecule has 0 saturated carbocycles. The number of nitrogens with zero attached hydrogens (tertiary/aromatic N) is 1. The molecule has 0 unspecified atom stereocenters. The lowest BCUT2D eigenvalue weighted by molar-refractivity contribution is 0.0600. The number of methoxy groups -OCH3 is 1. The normalized spacial score (nSPS) is 14.3. The summed E-state index contributed by atoms with van der Waals surface area (Å²) >= 11 is 6.19. The van der Waals surface area contributed by atoms with Crippen molar-refractivity contribution in [2.24, 2.45) is 0 Å². The van der Waals surface area contributed by atoms with Crippen molar-refractivity contribution in [2.75, 3.05) is 25.5 Å². The van der Waals surface area contributed by atoms with Gasteiger partial charge in [0, 0.05) is 18.0 Å².